The second-order valence-electron chi connectivity index (χ2n) is 4.48. The Morgan fingerprint density at radius 2 is 1.85 bits per heavy atom. The fourth-order valence-corrected chi connectivity index (χ4v) is 1.80. The van der Waals surface area contributed by atoms with Gasteiger partial charge in [-0.1, -0.05) is 24.3 Å². The Labute approximate surface area is 117 Å². The lowest BCUT2D eigenvalue weighted by molar-refractivity contribution is -0.117. The summed E-state index contributed by atoms with van der Waals surface area (Å²) in [4.78, 5) is 11.2. The van der Waals surface area contributed by atoms with Gasteiger partial charge >= 0.3 is 0 Å². The first kappa shape index (κ1) is 14.2. The van der Waals surface area contributed by atoms with Crippen LogP contribution in [0.4, 0.5) is 4.39 Å². The molecule has 0 amide bonds. The molecule has 2 rings (SSSR count). The molecular formula is C16H16FNO2. The van der Waals surface area contributed by atoms with E-state index in [1.807, 2.05) is 12.1 Å². The predicted molar refractivity (Wildman–Crippen MR) is 74.9 cm³/mol. The van der Waals surface area contributed by atoms with E-state index in [-0.39, 0.29) is 18.1 Å². The van der Waals surface area contributed by atoms with Gasteiger partial charge in [0.05, 0.1) is 6.54 Å². The first-order valence-corrected chi connectivity index (χ1v) is 6.35. The van der Waals surface area contributed by atoms with Gasteiger partial charge in [0.25, 0.3) is 0 Å². The summed E-state index contributed by atoms with van der Waals surface area (Å²) < 4.78 is 18.6. The highest BCUT2D eigenvalue weighted by Crippen LogP contribution is 2.15. The number of Topliss-reactive ketones (excluding diaryl/α,β-unsaturated/α-hetero) is 1. The molecule has 0 aromatic heterocycles. The normalized spacial score (nSPS) is 10.3. The number of hydrogen-bond acceptors (Lipinski definition) is 3. The van der Waals surface area contributed by atoms with Crippen molar-refractivity contribution in [3.63, 3.8) is 0 Å². The second-order valence-corrected chi connectivity index (χ2v) is 4.48. The molecule has 4 heteroatoms. The van der Waals surface area contributed by atoms with Crippen LogP contribution in [0.5, 0.6) is 5.75 Å². The van der Waals surface area contributed by atoms with Crippen molar-refractivity contribution in [2.45, 2.75) is 13.0 Å². The Morgan fingerprint density at radius 1 is 1.10 bits per heavy atom. The molecule has 0 aliphatic heterocycles. The molecular weight excluding hydrogens is 257 g/mol. The highest BCUT2D eigenvalue weighted by atomic mass is 19.1. The monoisotopic (exact) mass is 273 g/mol. The number of ether oxygens (including phenoxy) is 1. The Morgan fingerprint density at radius 3 is 2.50 bits per heavy atom. The smallest absolute Gasteiger partial charge is 0.150 e. The van der Waals surface area contributed by atoms with Crippen molar-refractivity contribution in [2.24, 2.45) is 5.73 Å². The van der Waals surface area contributed by atoms with Gasteiger partial charge in [0.1, 0.15) is 18.2 Å². The van der Waals surface area contributed by atoms with Gasteiger partial charge in [0.15, 0.2) is 5.78 Å². The van der Waals surface area contributed by atoms with Crippen molar-refractivity contribution in [3.8, 4) is 5.75 Å². The summed E-state index contributed by atoms with van der Waals surface area (Å²) in [6, 6.07) is 13.5. The fourth-order valence-electron chi connectivity index (χ4n) is 1.80. The Bertz CT molecular complexity index is 581. The summed E-state index contributed by atoms with van der Waals surface area (Å²) in [7, 11) is 0. The molecule has 0 fully saturated rings. The molecule has 20 heavy (non-hydrogen) atoms. The molecule has 0 unspecified atom stereocenters. The fraction of sp³-hybridized carbons (Fsp3) is 0.188. The number of carbonyl (C=O) groups excluding carboxylic acids is 1. The molecule has 0 atom stereocenters. The number of hydrogen-bond donors (Lipinski definition) is 1. The average Bonchev–Trinajstić information content (AvgIpc) is 2.46. The van der Waals surface area contributed by atoms with E-state index < -0.39 is 0 Å². The highest BCUT2D eigenvalue weighted by molar-refractivity contribution is 5.82. The molecule has 2 N–H and O–H groups in total. The van der Waals surface area contributed by atoms with Gasteiger partial charge in [-0.05, 0) is 35.4 Å². The molecule has 0 bridgehead atoms. The topological polar surface area (TPSA) is 52.3 Å². The van der Waals surface area contributed by atoms with E-state index in [0.717, 1.165) is 11.1 Å². The molecule has 2 aromatic carbocycles. The van der Waals surface area contributed by atoms with Gasteiger partial charge in [-0.15, -0.1) is 0 Å². The van der Waals surface area contributed by atoms with Crippen LogP contribution in [0.1, 0.15) is 11.1 Å². The lowest BCUT2D eigenvalue weighted by Crippen LogP contribution is -2.15. The van der Waals surface area contributed by atoms with E-state index in [1.165, 1.54) is 12.1 Å². The Hall–Kier alpha value is -2.20. The molecule has 0 aliphatic carbocycles. The van der Waals surface area contributed by atoms with Crippen molar-refractivity contribution in [1.29, 1.82) is 0 Å². The summed E-state index contributed by atoms with van der Waals surface area (Å²) in [5.74, 6) is 0.401. The van der Waals surface area contributed by atoms with Crippen LogP contribution < -0.4 is 10.5 Å². The minimum atomic E-state index is -0.276. The predicted octanol–water partition coefficient (Wildman–Crippen LogP) is 2.48. The number of nitrogens with two attached hydrogens (primary N) is 1. The minimum Gasteiger partial charge on any atom is -0.489 e. The molecule has 0 heterocycles. The summed E-state index contributed by atoms with van der Waals surface area (Å²) in [6.07, 6.45) is 0.334. The lowest BCUT2D eigenvalue weighted by Gasteiger charge is -2.07. The van der Waals surface area contributed by atoms with Crippen molar-refractivity contribution in [2.75, 3.05) is 6.54 Å². The third-order valence-corrected chi connectivity index (χ3v) is 2.85. The maximum atomic E-state index is 13.0. The average molecular weight is 273 g/mol. The van der Waals surface area contributed by atoms with Crippen LogP contribution in [0.25, 0.3) is 0 Å². The summed E-state index contributed by atoms with van der Waals surface area (Å²) >= 11 is 0. The quantitative estimate of drug-likeness (QED) is 0.879. The molecule has 0 saturated carbocycles. The van der Waals surface area contributed by atoms with E-state index in [0.29, 0.717) is 18.8 Å². The number of rotatable bonds is 6. The summed E-state index contributed by atoms with van der Waals surface area (Å²) in [5, 5.41) is 0. The van der Waals surface area contributed by atoms with Crippen LogP contribution in [-0.4, -0.2) is 12.3 Å². The number of carbonyl (C=O) groups is 1. The Balaban J connectivity index is 1.92. The van der Waals surface area contributed by atoms with Crippen LogP contribution in [0.3, 0.4) is 0 Å². The van der Waals surface area contributed by atoms with Crippen LogP contribution in [0, 0.1) is 5.82 Å². The second kappa shape index (κ2) is 6.82. The molecule has 0 saturated heterocycles. The SMILES string of the molecule is NCC(=O)Cc1ccc(OCc2cccc(F)c2)cc1. The van der Waals surface area contributed by atoms with E-state index in [1.54, 1.807) is 24.3 Å². The number of benzene rings is 2. The van der Waals surface area contributed by atoms with E-state index in [2.05, 4.69) is 0 Å². The van der Waals surface area contributed by atoms with Gasteiger partial charge in [-0.3, -0.25) is 4.79 Å². The molecule has 3 nitrogen and oxygen atoms in total. The minimum absolute atomic E-state index is 0.00145. The first-order chi connectivity index (χ1) is 9.67. The van der Waals surface area contributed by atoms with Gasteiger partial charge in [-0.2, -0.15) is 0 Å². The van der Waals surface area contributed by atoms with Crippen LogP contribution in [0.15, 0.2) is 48.5 Å². The van der Waals surface area contributed by atoms with Gasteiger partial charge in [-0.25, -0.2) is 4.39 Å². The zero-order valence-electron chi connectivity index (χ0n) is 11.0. The van der Waals surface area contributed by atoms with Gasteiger partial charge in [0, 0.05) is 6.42 Å². The standard InChI is InChI=1S/C16H16FNO2/c17-14-3-1-2-13(8-14)11-20-16-6-4-12(5-7-16)9-15(19)10-18/h1-8H,9-11,18H2. The third-order valence-electron chi connectivity index (χ3n) is 2.85. The van der Waals surface area contributed by atoms with E-state index >= 15 is 0 Å². The van der Waals surface area contributed by atoms with Gasteiger partial charge < -0.3 is 10.5 Å². The van der Waals surface area contributed by atoms with Crippen molar-refractivity contribution in [3.05, 3.63) is 65.5 Å². The lowest BCUT2D eigenvalue weighted by atomic mass is 10.1. The van der Waals surface area contributed by atoms with Gasteiger partial charge in [0.2, 0.25) is 0 Å². The number of halogens is 1. The maximum absolute atomic E-state index is 13.0. The van der Waals surface area contributed by atoms with Crippen LogP contribution in [0.2, 0.25) is 0 Å². The van der Waals surface area contributed by atoms with E-state index in [4.69, 9.17) is 10.5 Å². The number of ketones is 1. The molecule has 0 spiro atoms. The molecule has 0 radical (unpaired) electrons. The largest absolute Gasteiger partial charge is 0.489 e. The third kappa shape index (κ3) is 4.17. The summed E-state index contributed by atoms with van der Waals surface area (Å²) in [5.41, 5.74) is 6.94. The maximum Gasteiger partial charge on any atom is 0.150 e. The molecule has 2 aromatic rings. The molecule has 0 aliphatic rings. The van der Waals surface area contributed by atoms with Crippen molar-refractivity contribution >= 4 is 5.78 Å². The van der Waals surface area contributed by atoms with Crippen LogP contribution in [-0.2, 0) is 17.8 Å². The zero-order valence-corrected chi connectivity index (χ0v) is 11.0. The Kier molecular flexibility index (Phi) is 4.85. The van der Waals surface area contributed by atoms with Crippen molar-refractivity contribution < 1.29 is 13.9 Å². The summed E-state index contributed by atoms with van der Waals surface area (Å²) in [6.45, 7) is 0.358. The van der Waals surface area contributed by atoms with E-state index in [9.17, 15) is 9.18 Å². The zero-order chi connectivity index (χ0) is 14.4. The molecule has 104 valence electrons. The highest BCUT2D eigenvalue weighted by Gasteiger charge is 2.02. The first-order valence-electron chi connectivity index (χ1n) is 6.35. The van der Waals surface area contributed by atoms with Crippen molar-refractivity contribution in [1.82, 2.24) is 0 Å². The van der Waals surface area contributed by atoms with Crippen LogP contribution >= 0.6 is 0 Å².